The fourth-order valence-corrected chi connectivity index (χ4v) is 4.15. The summed E-state index contributed by atoms with van der Waals surface area (Å²) in [5.41, 5.74) is 3.53. The Morgan fingerprint density at radius 3 is 2.71 bits per heavy atom. The van der Waals surface area contributed by atoms with Gasteiger partial charge in [0.15, 0.2) is 5.16 Å². The molecule has 1 aromatic heterocycles. The van der Waals surface area contributed by atoms with Gasteiger partial charge in [-0.2, -0.15) is 0 Å². The van der Waals surface area contributed by atoms with E-state index in [4.69, 9.17) is 0 Å². The maximum Gasteiger partial charge on any atom is 0.255 e. The molecule has 0 unspecified atom stereocenters. The number of benzene rings is 2. The fourth-order valence-electron chi connectivity index (χ4n) is 3.62. The molecular formula is C22H24N4OS. The monoisotopic (exact) mass is 392 g/mol. The molecule has 1 amide bonds. The maximum atomic E-state index is 13.0. The van der Waals surface area contributed by atoms with Crippen molar-refractivity contribution in [2.24, 2.45) is 0 Å². The van der Waals surface area contributed by atoms with Gasteiger partial charge in [-0.05, 0) is 55.9 Å². The molecule has 1 N–H and O–H groups in total. The van der Waals surface area contributed by atoms with Crippen molar-refractivity contribution < 1.29 is 4.79 Å². The van der Waals surface area contributed by atoms with Crippen molar-refractivity contribution in [2.75, 3.05) is 29.6 Å². The Kier molecular flexibility index (Phi) is 5.67. The molecule has 1 saturated heterocycles. The molecule has 0 bridgehead atoms. The Morgan fingerprint density at radius 2 is 1.89 bits per heavy atom. The molecule has 4 rings (SSSR count). The summed E-state index contributed by atoms with van der Waals surface area (Å²) in [6.45, 7) is 2.08. The third-order valence-electron chi connectivity index (χ3n) is 5.02. The number of nitrogens with zero attached hydrogens (tertiary/aromatic N) is 3. The highest BCUT2D eigenvalue weighted by Crippen LogP contribution is 2.29. The fraction of sp³-hybridized carbons (Fsp3) is 0.273. The summed E-state index contributed by atoms with van der Waals surface area (Å²) in [5.74, 6) is -0.0999. The number of carbonyl (C=O) groups excluding carboxylic acids is 1. The van der Waals surface area contributed by atoms with Crippen molar-refractivity contribution in [3.63, 3.8) is 0 Å². The first kappa shape index (κ1) is 18.6. The summed E-state index contributed by atoms with van der Waals surface area (Å²) in [6, 6.07) is 15.7. The molecule has 1 aliphatic heterocycles. The number of anilines is 2. The number of thioether (sulfide) groups is 1. The lowest BCUT2D eigenvalue weighted by Crippen LogP contribution is -2.30. The molecule has 0 aliphatic carbocycles. The average molecular weight is 393 g/mol. The first-order valence-electron chi connectivity index (χ1n) is 9.59. The molecule has 28 heavy (non-hydrogen) atoms. The van der Waals surface area contributed by atoms with Crippen LogP contribution in [0.4, 0.5) is 11.4 Å². The van der Waals surface area contributed by atoms with Crippen LogP contribution in [-0.4, -0.2) is 34.8 Å². The number of aromatic nitrogens is 2. The lowest BCUT2D eigenvalue weighted by Gasteiger charge is -2.30. The first-order chi connectivity index (χ1) is 13.8. The van der Waals surface area contributed by atoms with E-state index in [1.165, 1.54) is 19.3 Å². The van der Waals surface area contributed by atoms with E-state index in [0.717, 1.165) is 35.3 Å². The lowest BCUT2D eigenvalue weighted by atomic mass is 10.1. The van der Waals surface area contributed by atoms with E-state index in [1.54, 1.807) is 18.0 Å². The minimum atomic E-state index is -0.0999. The zero-order valence-electron chi connectivity index (χ0n) is 16.0. The van der Waals surface area contributed by atoms with Gasteiger partial charge in [0.1, 0.15) is 0 Å². The predicted octanol–water partition coefficient (Wildman–Crippen LogP) is 4.84. The van der Waals surface area contributed by atoms with Crippen molar-refractivity contribution in [3.8, 4) is 5.69 Å². The molecule has 0 saturated carbocycles. The molecule has 1 fully saturated rings. The standard InChI is InChI=1S/C22H24N4OS/c1-28-22-23-12-15-26(22)18-9-7-8-17(16-18)21(27)24-19-10-3-4-11-20(19)25-13-5-2-6-14-25/h3-4,7-12,15-16H,2,5-6,13-14H2,1H3,(H,24,27). The van der Waals surface area contributed by atoms with E-state index in [9.17, 15) is 4.79 Å². The van der Waals surface area contributed by atoms with Crippen LogP contribution in [0.1, 0.15) is 29.6 Å². The van der Waals surface area contributed by atoms with Crippen LogP contribution < -0.4 is 10.2 Å². The van der Waals surface area contributed by atoms with Gasteiger partial charge >= 0.3 is 0 Å². The molecule has 1 aliphatic rings. The summed E-state index contributed by atoms with van der Waals surface area (Å²) >= 11 is 1.58. The maximum absolute atomic E-state index is 13.0. The van der Waals surface area contributed by atoms with Crippen molar-refractivity contribution in [2.45, 2.75) is 24.4 Å². The van der Waals surface area contributed by atoms with Crippen molar-refractivity contribution in [1.29, 1.82) is 0 Å². The average Bonchev–Trinajstić information content (AvgIpc) is 3.24. The van der Waals surface area contributed by atoms with Gasteiger partial charge in [0.05, 0.1) is 11.4 Å². The second-order valence-electron chi connectivity index (χ2n) is 6.85. The molecule has 5 nitrogen and oxygen atoms in total. The first-order valence-corrected chi connectivity index (χ1v) is 10.8. The third kappa shape index (κ3) is 3.92. The molecule has 6 heteroatoms. The minimum absolute atomic E-state index is 0.0999. The third-order valence-corrected chi connectivity index (χ3v) is 5.69. The van der Waals surface area contributed by atoms with Crippen LogP contribution in [0.15, 0.2) is 66.1 Å². The van der Waals surface area contributed by atoms with Gasteiger partial charge in [-0.15, -0.1) is 0 Å². The molecule has 2 heterocycles. The summed E-state index contributed by atoms with van der Waals surface area (Å²) in [6.07, 6.45) is 9.36. The predicted molar refractivity (Wildman–Crippen MR) is 116 cm³/mol. The zero-order chi connectivity index (χ0) is 19.3. The van der Waals surface area contributed by atoms with Gasteiger partial charge in [0.2, 0.25) is 0 Å². The highest BCUT2D eigenvalue weighted by Gasteiger charge is 2.16. The number of amides is 1. The Morgan fingerprint density at radius 1 is 1.07 bits per heavy atom. The number of nitrogens with one attached hydrogen (secondary N) is 1. The summed E-state index contributed by atoms with van der Waals surface area (Å²) in [5, 5.41) is 4.01. The smallest absolute Gasteiger partial charge is 0.255 e. The van der Waals surface area contributed by atoms with Crippen LogP contribution in [0.25, 0.3) is 5.69 Å². The normalized spacial score (nSPS) is 14.1. The molecule has 0 spiro atoms. The van der Waals surface area contributed by atoms with E-state index in [1.807, 2.05) is 59.5 Å². The van der Waals surface area contributed by atoms with Gasteiger partial charge in [-0.3, -0.25) is 9.36 Å². The van der Waals surface area contributed by atoms with Gasteiger partial charge < -0.3 is 10.2 Å². The van der Waals surface area contributed by atoms with Crippen molar-refractivity contribution >= 4 is 29.0 Å². The van der Waals surface area contributed by atoms with Crippen LogP contribution in [-0.2, 0) is 0 Å². The second kappa shape index (κ2) is 8.52. The van der Waals surface area contributed by atoms with Crippen LogP contribution >= 0.6 is 11.8 Å². The number of piperidine rings is 1. The van der Waals surface area contributed by atoms with Crippen LogP contribution in [0, 0.1) is 0 Å². The van der Waals surface area contributed by atoms with E-state index in [-0.39, 0.29) is 5.91 Å². The minimum Gasteiger partial charge on any atom is -0.370 e. The molecule has 0 radical (unpaired) electrons. The summed E-state index contributed by atoms with van der Waals surface area (Å²) in [4.78, 5) is 19.7. The Bertz CT molecular complexity index is 962. The second-order valence-corrected chi connectivity index (χ2v) is 7.63. The molecule has 144 valence electrons. The SMILES string of the molecule is CSc1nccn1-c1cccc(C(=O)Nc2ccccc2N2CCCCC2)c1. The van der Waals surface area contributed by atoms with E-state index in [0.29, 0.717) is 5.56 Å². The number of hydrogen-bond donors (Lipinski definition) is 1. The highest BCUT2D eigenvalue weighted by molar-refractivity contribution is 7.98. The van der Waals surface area contributed by atoms with Crippen molar-refractivity contribution in [1.82, 2.24) is 9.55 Å². The largest absolute Gasteiger partial charge is 0.370 e. The van der Waals surface area contributed by atoms with Crippen LogP contribution in [0.2, 0.25) is 0 Å². The molecule has 2 aromatic carbocycles. The Hall–Kier alpha value is -2.73. The van der Waals surface area contributed by atoms with Crippen LogP contribution in [0.3, 0.4) is 0 Å². The van der Waals surface area contributed by atoms with E-state index < -0.39 is 0 Å². The van der Waals surface area contributed by atoms with Crippen molar-refractivity contribution in [3.05, 3.63) is 66.5 Å². The number of hydrogen-bond acceptors (Lipinski definition) is 4. The van der Waals surface area contributed by atoms with Gasteiger partial charge in [-0.1, -0.05) is 30.0 Å². The van der Waals surface area contributed by atoms with Crippen LogP contribution in [0.5, 0.6) is 0 Å². The number of carbonyl (C=O) groups is 1. The highest BCUT2D eigenvalue weighted by atomic mass is 32.2. The van der Waals surface area contributed by atoms with Gasteiger partial charge in [0.25, 0.3) is 5.91 Å². The van der Waals surface area contributed by atoms with E-state index >= 15 is 0 Å². The molecule has 3 aromatic rings. The number of imidazole rings is 1. The van der Waals surface area contributed by atoms with E-state index in [2.05, 4.69) is 21.3 Å². The Balaban J connectivity index is 1.57. The van der Waals surface area contributed by atoms with Gasteiger partial charge in [0, 0.05) is 36.7 Å². The van der Waals surface area contributed by atoms with Gasteiger partial charge in [-0.25, -0.2) is 4.98 Å². The number of para-hydroxylation sites is 2. The lowest BCUT2D eigenvalue weighted by molar-refractivity contribution is 0.102. The zero-order valence-corrected chi connectivity index (χ0v) is 16.8. The Labute approximate surface area is 169 Å². The number of rotatable bonds is 5. The summed E-state index contributed by atoms with van der Waals surface area (Å²) < 4.78 is 1.99. The topological polar surface area (TPSA) is 50.2 Å². The summed E-state index contributed by atoms with van der Waals surface area (Å²) in [7, 11) is 0. The molecular weight excluding hydrogens is 368 g/mol. The quantitative estimate of drug-likeness (QED) is 0.632. The molecule has 0 atom stereocenters.